The zero-order chi connectivity index (χ0) is 14.2. The number of amidine groups is 1. The average Bonchev–Trinajstić information content (AvgIpc) is 2.31. The molecule has 2 rings (SSSR count). The Labute approximate surface area is 123 Å². The summed E-state index contributed by atoms with van der Waals surface area (Å²) in [5.74, 6) is 0.110. The van der Waals surface area contributed by atoms with E-state index in [4.69, 9.17) is 11.1 Å². The van der Waals surface area contributed by atoms with E-state index in [1.54, 1.807) is 0 Å². The second kappa shape index (κ2) is 5.13. The van der Waals surface area contributed by atoms with Crippen LogP contribution in [0.2, 0.25) is 0 Å². The van der Waals surface area contributed by atoms with Gasteiger partial charge in [-0.05, 0) is 49.0 Å². The van der Waals surface area contributed by atoms with Gasteiger partial charge in [-0.2, -0.15) is 0 Å². The molecule has 1 fully saturated rings. The molecule has 1 aliphatic heterocycles. The van der Waals surface area contributed by atoms with Gasteiger partial charge in [0.1, 0.15) is 5.84 Å². The monoisotopic (exact) mass is 324 g/mol. The Morgan fingerprint density at radius 2 is 2.05 bits per heavy atom. The lowest BCUT2D eigenvalue weighted by molar-refractivity contribution is 0.139. The summed E-state index contributed by atoms with van der Waals surface area (Å²) in [4.78, 5) is 4.69. The number of nitrogens with one attached hydrogen (secondary N) is 1. The van der Waals surface area contributed by atoms with Gasteiger partial charge in [-0.1, -0.05) is 6.07 Å². The Balaban J connectivity index is 2.38. The molecule has 19 heavy (non-hydrogen) atoms. The fourth-order valence-corrected chi connectivity index (χ4v) is 3.06. The maximum Gasteiger partial charge on any atom is 0.126 e. The number of nitrogens with zero attached hydrogens (tertiary/aromatic N) is 2. The van der Waals surface area contributed by atoms with E-state index in [0.717, 1.165) is 35.4 Å². The van der Waals surface area contributed by atoms with Crippen LogP contribution in [0.4, 0.5) is 5.69 Å². The molecule has 1 saturated heterocycles. The van der Waals surface area contributed by atoms with Crippen molar-refractivity contribution in [2.75, 3.05) is 31.6 Å². The molecular formula is C14H21BrN4. The minimum absolute atomic E-state index is 0.110. The van der Waals surface area contributed by atoms with Gasteiger partial charge >= 0.3 is 0 Å². The molecular weight excluding hydrogens is 304 g/mol. The molecule has 0 unspecified atom stereocenters. The van der Waals surface area contributed by atoms with Crippen molar-refractivity contribution in [2.24, 2.45) is 5.73 Å². The number of anilines is 1. The summed E-state index contributed by atoms with van der Waals surface area (Å²) in [6.45, 7) is 7.38. The summed E-state index contributed by atoms with van der Waals surface area (Å²) in [5, 5.41) is 7.78. The van der Waals surface area contributed by atoms with Gasteiger partial charge in [0.2, 0.25) is 0 Å². The maximum absolute atomic E-state index is 7.78. The molecule has 3 N–H and O–H groups in total. The number of hydrogen-bond acceptors (Lipinski definition) is 3. The SMILES string of the molecule is CN1CCN(c2cccc(Br)c2C(=N)N)CC1(C)C. The summed E-state index contributed by atoms with van der Waals surface area (Å²) in [7, 11) is 2.16. The van der Waals surface area contributed by atoms with Crippen molar-refractivity contribution in [3.8, 4) is 0 Å². The highest BCUT2D eigenvalue weighted by molar-refractivity contribution is 9.10. The number of nitrogens with two attached hydrogens (primary N) is 1. The molecule has 0 spiro atoms. The van der Waals surface area contributed by atoms with Crippen LogP contribution >= 0.6 is 15.9 Å². The van der Waals surface area contributed by atoms with Crippen LogP contribution in [0.3, 0.4) is 0 Å². The highest BCUT2D eigenvalue weighted by atomic mass is 79.9. The summed E-state index contributed by atoms with van der Waals surface area (Å²) in [6.07, 6.45) is 0. The van der Waals surface area contributed by atoms with Crippen molar-refractivity contribution < 1.29 is 0 Å². The van der Waals surface area contributed by atoms with Gasteiger partial charge in [-0.15, -0.1) is 0 Å². The van der Waals surface area contributed by atoms with Crippen LogP contribution in [0.1, 0.15) is 19.4 Å². The maximum atomic E-state index is 7.78. The number of benzene rings is 1. The second-order valence-corrected chi connectivity index (χ2v) is 6.56. The molecule has 0 atom stereocenters. The average molecular weight is 325 g/mol. The first-order valence-corrected chi connectivity index (χ1v) is 7.21. The van der Waals surface area contributed by atoms with E-state index >= 15 is 0 Å². The second-order valence-electron chi connectivity index (χ2n) is 5.70. The van der Waals surface area contributed by atoms with Crippen molar-refractivity contribution in [2.45, 2.75) is 19.4 Å². The molecule has 1 aliphatic rings. The summed E-state index contributed by atoms with van der Waals surface area (Å²) in [6, 6.07) is 5.97. The van der Waals surface area contributed by atoms with Crippen molar-refractivity contribution in [3.63, 3.8) is 0 Å². The topological polar surface area (TPSA) is 56.4 Å². The van der Waals surface area contributed by atoms with Gasteiger partial charge in [0.05, 0.1) is 5.56 Å². The van der Waals surface area contributed by atoms with E-state index in [1.807, 2.05) is 18.2 Å². The van der Waals surface area contributed by atoms with Gasteiger partial charge in [0.25, 0.3) is 0 Å². The minimum atomic E-state index is 0.110. The number of piperazine rings is 1. The van der Waals surface area contributed by atoms with Crippen LogP contribution in [0.5, 0.6) is 0 Å². The van der Waals surface area contributed by atoms with Crippen molar-refractivity contribution >= 4 is 27.5 Å². The van der Waals surface area contributed by atoms with Crippen molar-refractivity contribution in [1.82, 2.24) is 4.90 Å². The smallest absolute Gasteiger partial charge is 0.126 e. The highest BCUT2D eigenvalue weighted by Crippen LogP contribution is 2.31. The fraction of sp³-hybridized carbons (Fsp3) is 0.500. The summed E-state index contributed by atoms with van der Waals surface area (Å²) >= 11 is 3.50. The Morgan fingerprint density at radius 1 is 1.37 bits per heavy atom. The van der Waals surface area contributed by atoms with Crippen molar-refractivity contribution in [3.05, 3.63) is 28.2 Å². The quantitative estimate of drug-likeness (QED) is 0.648. The first-order chi connectivity index (χ1) is 8.83. The molecule has 1 heterocycles. The number of likely N-dealkylation sites (N-methyl/N-ethyl adjacent to an activating group) is 1. The van der Waals surface area contributed by atoms with Gasteiger partial charge in [-0.25, -0.2) is 0 Å². The molecule has 0 radical (unpaired) electrons. The highest BCUT2D eigenvalue weighted by Gasteiger charge is 2.32. The third-order valence-electron chi connectivity index (χ3n) is 3.92. The Kier molecular flexibility index (Phi) is 3.87. The van der Waals surface area contributed by atoms with E-state index in [-0.39, 0.29) is 11.4 Å². The lowest BCUT2D eigenvalue weighted by Gasteiger charge is -2.46. The summed E-state index contributed by atoms with van der Waals surface area (Å²) in [5.41, 5.74) is 7.69. The van der Waals surface area contributed by atoms with Crippen LogP contribution < -0.4 is 10.6 Å². The molecule has 0 saturated carbocycles. The van der Waals surface area contributed by atoms with Gasteiger partial charge in [0, 0.05) is 35.3 Å². The molecule has 4 nitrogen and oxygen atoms in total. The zero-order valence-corrected chi connectivity index (χ0v) is 13.3. The minimum Gasteiger partial charge on any atom is -0.384 e. The fourth-order valence-electron chi connectivity index (χ4n) is 2.49. The van der Waals surface area contributed by atoms with E-state index in [9.17, 15) is 0 Å². The number of rotatable bonds is 2. The number of hydrogen-bond donors (Lipinski definition) is 2. The molecule has 0 aromatic heterocycles. The molecule has 1 aromatic rings. The molecule has 0 bridgehead atoms. The molecule has 0 amide bonds. The van der Waals surface area contributed by atoms with Crippen molar-refractivity contribution in [1.29, 1.82) is 5.41 Å². The normalized spacial score (nSPS) is 19.5. The van der Waals surface area contributed by atoms with E-state index in [0.29, 0.717) is 0 Å². The van der Waals surface area contributed by atoms with Crippen LogP contribution in [0.15, 0.2) is 22.7 Å². The van der Waals surface area contributed by atoms with E-state index in [2.05, 4.69) is 46.6 Å². The van der Waals surface area contributed by atoms with E-state index < -0.39 is 0 Å². The number of halogens is 1. The van der Waals surface area contributed by atoms with Crippen LogP contribution in [0, 0.1) is 5.41 Å². The number of nitrogen functional groups attached to an aromatic ring is 1. The first-order valence-electron chi connectivity index (χ1n) is 6.42. The standard InChI is InChI=1S/C14H21BrN4/c1-14(2)9-19(8-7-18(14)3)11-6-4-5-10(15)12(11)13(16)17/h4-6H,7-9H2,1-3H3,(H3,16,17). The largest absolute Gasteiger partial charge is 0.384 e. The Hall–Kier alpha value is -1.07. The lowest BCUT2D eigenvalue weighted by Crippen LogP contribution is -2.58. The first kappa shape index (κ1) is 14.3. The Bertz CT molecular complexity index is 498. The Morgan fingerprint density at radius 3 is 2.63 bits per heavy atom. The van der Waals surface area contributed by atoms with Gasteiger partial charge in [0.15, 0.2) is 0 Å². The van der Waals surface area contributed by atoms with Crippen LogP contribution in [-0.4, -0.2) is 43.0 Å². The molecule has 104 valence electrons. The predicted molar refractivity (Wildman–Crippen MR) is 84.1 cm³/mol. The van der Waals surface area contributed by atoms with Gasteiger partial charge in [-0.3, -0.25) is 10.3 Å². The molecule has 0 aliphatic carbocycles. The molecule has 1 aromatic carbocycles. The van der Waals surface area contributed by atoms with E-state index in [1.165, 1.54) is 0 Å². The third kappa shape index (κ3) is 2.77. The zero-order valence-electron chi connectivity index (χ0n) is 11.7. The van der Waals surface area contributed by atoms with Crippen LogP contribution in [-0.2, 0) is 0 Å². The molecule has 5 heteroatoms. The van der Waals surface area contributed by atoms with Gasteiger partial charge < -0.3 is 10.6 Å². The summed E-state index contributed by atoms with van der Waals surface area (Å²) < 4.78 is 0.884. The van der Waals surface area contributed by atoms with Crippen LogP contribution in [0.25, 0.3) is 0 Å². The lowest BCUT2D eigenvalue weighted by atomic mass is 9.98. The predicted octanol–water partition coefficient (Wildman–Crippen LogP) is 2.26. The third-order valence-corrected chi connectivity index (χ3v) is 4.58.